The Morgan fingerprint density at radius 1 is 1.21 bits per heavy atom. The van der Waals surface area contributed by atoms with Crippen molar-refractivity contribution in [1.29, 1.82) is 0 Å². The molecule has 0 radical (unpaired) electrons. The number of halogens is 1. The fourth-order valence-corrected chi connectivity index (χ4v) is 4.27. The lowest BCUT2D eigenvalue weighted by Crippen LogP contribution is -2.50. The predicted molar refractivity (Wildman–Crippen MR) is 111 cm³/mol. The van der Waals surface area contributed by atoms with Gasteiger partial charge >= 0.3 is 0 Å². The minimum atomic E-state index is -3.55. The average Bonchev–Trinajstić information content (AvgIpc) is 2.61. The van der Waals surface area contributed by atoms with Gasteiger partial charge in [-0.3, -0.25) is 9.80 Å². The van der Waals surface area contributed by atoms with Crippen molar-refractivity contribution in [3.8, 4) is 0 Å². The maximum Gasteiger partial charge on any atom is 0.240 e. The van der Waals surface area contributed by atoms with Crippen molar-refractivity contribution in [2.75, 3.05) is 52.4 Å². The molecule has 1 aliphatic rings. The van der Waals surface area contributed by atoms with Gasteiger partial charge in [-0.15, -0.1) is 0 Å². The Hall–Kier alpha value is -0.740. The van der Waals surface area contributed by atoms with Crippen molar-refractivity contribution in [3.05, 3.63) is 29.3 Å². The summed E-state index contributed by atoms with van der Waals surface area (Å²) in [5.74, 6) is 0. The van der Waals surface area contributed by atoms with Crippen LogP contribution in [-0.2, 0) is 14.8 Å². The Morgan fingerprint density at radius 2 is 1.86 bits per heavy atom. The first-order chi connectivity index (χ1) is 13.0. The summed E-state index contributed by atoms with van der Waals surface area (Å²) < 4.78 is 32.8. The average molecular weight is 434 g/mol. The summed E-state index contributed by atoms with van der Waals surface area (Å²) >= 11 is 5.87. The number of sulfonamides is 1. The number of β-amino-alcohol motifs (C(OH)–C–C–N with tert-alkyl or cyclic N) is 1. The minimum absolute atomic E-state index is 0.177. The predicted octanol–water partition coefficient (Wildman–Crippen LogP) is 1.41. The van der Waals surface area contributed by atoms with E-state index in [0.29, 0.717) is 31.3 Å². The van der Waals surface area contributed by atoms with Crippen LogP contribution in [0.4, 0.5) is 0 Å². The third kappa shape index (κ3) is 8.32. The number of hydrogen-bond donors (Lipinski definition) is 2. The zero-order valence-electron chi connectivity index (χ0n) is 16.9. The summed E-state index contributed by atoms with van der Waals surface area (Å²) in [6.07, 6.45) is -0.504. The molecular weight excluding hydrogens is 402 g/mol. The number of aliphatic hydroxyl groups is 1. The van der Waals surface area contributed by atoms with Gasteiger partial charge in [0.25, 0.3) is 0 Å². The van der Waals surface area contributed by atoms with E-state index in [0.717, 1.165) is 26.2 Å². The number of nitrogens with one attached hydrogen (secondary N) is 1. The summed E-state index contributed by atoms with van der Waals surface area (Å²) in [4.78, 5) is 4.61. The lowest BCUT2D eigenvalue weighted by atomic mass is 10.2. The van der Waals surface area contributed by atoms with Crippen LogP contribution in [0.15, 0.2) is 29.2 Å². The smallest absolute Gasteiger partial charge is 0.240 e. The highest BCUT2D eigenvalue weighted by atomic mass is 35.5. The highest BCUT2D eigenvalue weighted by Gasteiger charge is 2.21. The molecule has 1 heterocycles. The van der Waals surface area contributed by atoms with E-state index in [9.17, 15) is 13.5 Å². The third-order valence-electron chi connectivity index (χ3n) is 4.47. The van der Waals surface area contributed by atoms with Crippen molar-refractivity contribution >= 4 is 21.6 Å². The van der Waals surface area contributed by atoms with E-state index >= 15 is 0 Å². The standard InChI is InChI=1S/C19H32ClN3O4S/c1-19(2,3)27-15-17(24)14-23-11-9-22(10-12-23)8-7-21-28(25,26)18-6-4-5-16(20)13-18/h4-6,13,17,21,24H,7-12,14-15H2,1-3H3/t17-/m1/s1. The van der Waals surface area contributed by atoms with Crippen LogP contribution in [0.3, 0.4) is 0 Å². The summed E-state index contributed by atoms with van der Waals surface area (Å²) in [7, 11) is -3.55. The number of nitrogens with zero attached hydrogens (tertiary/aromatic N) is 2. The normalized spacial score (nSPS) is 18.3. The van der Waals surface area contributed by atoms with E-state index in [2.05, 4.69) is 14.5 Å². The van der Waals surface area contributed by atoms with E-state index in [1.807, 2.05) is 20.8 Å². The van der Waals surface area contributed by atoms with E-state index < -0.39 is 16.1 Å². The first-order valence-corrected chi connectivity index (χ1v) is 11.4. The molecule has 0 saturated carbocycles. The Morgan fingerprint density at radius 3 is 2.46 bits per heavy atom. The minimum Gasteiger partial charge on any atom is -0.389 e. The molecule has 0 amide bonds. The molecule has 0 spiro atoms. The second kappa shape index (κ2) is 10.3. The van der Waals surface area contributed by atoms with Crippen LogP contribution in [0.25, 0.3) is 0 Å². The molecule has 160 valence electrons. The number of aliphatic hydroxyl groups excluding tert-OH is 1. The van der Waals surface area contributed by atoms with E-state index in [1.54, 1.807) is 12.1 Å². The fourth-order valence-electron chi connectivity index (χ4n) is 2.95. The van der Waals surface area contributed by atoms with Crippen LogP contribution in [-0.4, -0.2) is 87.4 Å². The lowest BCUT2D eigenvalue weighted by Gasteiger charge is -2.35. The Labute approximate surface area is 173 Å². The molecule has 0 unspecified atom stereocenters. The van der Waals surface area contributed by atoms with Gasteiger partial charge in [0.05, 0.1) is 23.2 Å². The SMILES string of the molecule is CC(C)(C)OC[C@H](O)CN1CCN(CCNS(=O)(=O)c2cccc(Cl)c2)CC1. The first kappa shape index (κ1) is 23.5. The van der Waals surface area contributed by atoms with Crippen molar-refractivity contribution in [1.82, 2.24) is 14.5 Å². The van der Waals surface area contributed by atoms with Gasteiger partial charge < -0.3 is 9.84 Å². The van der Waals surface area contributed by atoms with Gasteiger partial charge in [-0.2, -0.15) is 0 Å². The quantitative estimate of drug-likeness (QED) is 0.612. The number of benzene rings is 1. The van der Waals surface area contributed by atoms with Gasteiger partial charge in [-0.1, -0.05) is 17.7 Å². The van der Waals surface area contributed by atoms with Gasteiger partial charge in [0.2, 0.25) is 10.0 Å². The molecule has 1 aliphatic heterocycles. The van der Waals surface area contributed by atoms with Crippen molar-refractivity contribution in [2.24, 2.45) is 0 Å². The molecule has 1 fully saturated rings. The summed E-state index contributed by atoms with van der Waals surface area (Å²) in [5.41, 5.74) is -0.252. The highest BCUT2D eigenvalue weighted by Crippen LogP contribution is 2.15. The lowest BCUT2D eigenvalue weighted by molar-refractivity contribution is -0.0585. The van der Waals surface area contributed by atoms with Gasteiger partial charge in [0, 0.05) is 50.8 Å². The van der Waals surface area contributed by atoms with Crippen LogP contribution >= 0.6 is 11.6 Å². The van der Waals surface area contributed by atoms with Gasteiger partial charge in [-0.05, 0) is 39.0 Å². The topological polar surface area (TPSA) is 82.1 Å². The maximum absolute atomic E-state index is 12.3. The molecule has 9 heteroatoms. The molecule has 2 rings (SSSR count). The van der Waals surface area contributed by atoms with Crippen LogP contribution in [0, 0.1) is 0 Å². The summed E-state index contributed by atoms with van der Waals surface area (Å²) in [6, 6.07) is 6.24. The molecule has 1 saturated heterocycles. The molecule has 0 aromatic heterocycles. The highest BCUT2D eigenvalue weighted by molar-refractivity contribution is 7.89. The number of ether oxygens (including phenoxy) is 1. The van der Waals surface area contributed by atoms with Crippen LogP contribution in [0.1, 0.15) is 20.8 Å². The summed E-state index contributed by atoms with van der Waals surface area (Å²) in [6.45, 7) is 11.2. The number of hydrogen-bond acceptors (Lipinski definition) is 6. The monoisotopic (exact) mass is 433 g/mol. The first-order valence-electron chi connectivity index (χ1n) is 9.57. The third-order valence-corrected chi connectivity index (χ3v) is 6.16. The molecular formula is C19H32ClN3O4S. The van der Waals surface area contributed by atoms with Crippen LogP contribution < -0.4 is 4.72 Å². The molecule has 28 heavy (non-hydrogen) atoms. The zero-order valence-corrected chi connectivity index (χ0v) is 18.5. The molecule has 0 bridgehead atoms. The van der Waals surface area contributed by atoms with E-state index in [1.165, 1.54) is 12.1 Å². The van der Waals surface area contributed by atoms with Crippen LogP contribution in [0.2, 0.25) is 5.02 Å². The molecule has 1 atom stereocenters. The molecule has 0 aliphatic carbocycles. The van der Waals surface area contributed by atoms with Crippen molar-refractivity contribution in [3.63, 3.8) is 0 Å². The molecule has 2 N–H and O–H groups in total. The second-order valence-electron chi connectivity index (χ2n) is 8.07. The van der Waals surface area contributed by atoms with Crippen LogP contribution in [0.5, 0.6) is 0 Å². The second-order valence-corrected chi connectivity index (χ2v) is 10.3. The fraction of sp³-hybridized carbons (Fsp3) is 0.684. The number of piperazine rings is 1. The summed E-state index contributed by atoms with van der Waals surface area (Å²) in [5, 5.41) is 10.5. The molecule has 1 aromatic carbocycles. The Kier molecular flexibility index (Phi) is 8.69. The Balaban J connectivity index is 1.67. The molecule has 1 aromatic rings. The zero-order chi connectivity index (χ0) is 20.8. The van der Waals surface area contributed by atoms with E-state index in [4.69, 9.17) is 16.3 Å². The Bertz CT molecular complexity index is 716. The van der Waals surface area contributed by atoms with Crippen molar-refractivity contribution in [2.45, 2.75) is 37.4 Å². The van der Waals surface area contributed by atoms with Gasteiger partial charge in [0.15, 0.2) is 0 Å². The van der Waals surface area contributed by atoms with Crippen molar-refractivity contribution < 1.29 is 18.3 Å². The molecule has 7 nitrogen and oxygen atoms in total. The van der Waals surface area contributed by atoms with Gasteiger partial charge in [0.1, 0.15) is 0 Å². The maximum atomic E-state index is 12.3. The number of rotatable bonds is 9. The largest absolute Gasteiger partial charge is 0.389 e. The van der Waals surface area contributed by atoms with Gasteiger partial charge in [-0.25, -0.2) is 13.1 Å². The van der Waals surface area contributed by atoms with E-state index in [-0.39, 0.29) is 10.5 Å².